The molecule has 21 heavy (non-hydrogen) atoms. The third-order valence-electron chi connectivity index (χ3n) is 3.85. The van der Waals surface area contributed by atoms with Crippen molar-refractivity contribution < 1.29 is 4.79 Å². The van der Waals surface area contributed by atoms with Gasteiger partial charge >= 0.3 is 0 Å². The van der Waals surface area contributed by atoms with Gasteiger partial charge in [-0.25, -0.2) is 4.98 Å². The third-order valence-corrected chi connectivity index (χ3v) is 3.85. The van der Waals surface area contributed by atoms with E-state index in [0.29, 0.717) is 5.56 Å². The fourth-order valence-electron chi connectivity index (χ4n) is 2.53. The van der Waals surface area contributed by atoms with E-state index >= 15 is 0 Å². The van der Waals surface area contributed by atoms with Crippen molar-refractivity contribution >= 4 is 22.6 Å². The summed E-state index contributed by atoms with van der Waals surface area (Å²) < 4.78 is 0. The van der Waals surface area contributed by atoms with Crippen molar-refractivity contribution in [2.75, 3.05) is 18.4 Å². The molecule has 0 radical (unpaired) electrons. The highest BCUT2D eigenvalue weighted by atomic mass is 16.1. The average Bonchev–Trinajstić information content (AvgIpc) is 3.31. The molecule has 2 aromatic rings. The van der Waals surface area contributed by atoms with Crippen LogP contribution in [0.1, 0.15) is 36.5 Å². The molecule has 4 heteroatoms. The number of fused-ring (bicyclic) bond motifs is 1. The van der Waals surface area contributed by atoms with Crippen LogP contribution in [0.5, 0.6) is 0 Å². The second-order valence-electron chi connectivity index (χ2n) is 5.59. The van der Waals surface area contributed by atoms with E-state index in [0.717, 1.165) is 42.1 Å². The Hall–Kier alpha value is -2.10. The van der Waals surface area contributed by atoms with Crippen molar-refractivity contribution in [1.82, 2.24) is 10.3 Å². The van der Waals surface area contributed by atoms with Gasteiger partial charge < -0.3 is 10.6 Å². The van der Waals surface area contributed by atoms with Crippen molar-refractivity contribution in [2.45, 2.75) is 26.2 Å². The van der Waals surface area contributed by atoms with Gasteiger partial charge in [0.1, 0.15) is 5.82 Å². The Balaban J connectivity index is 1.84. The maximum absolute atomic E-state index is 12.5. The molecule has 0 unspecified atom stereocenters. The van der Waals surface area contributed by atoms with Gasteiger partial charge in [-0.15, -0.1) is 0 Å². The monoisotopic (exact) mass is 283 g/mol. The van der Waals surface area contributed by atoms with E-state index in [-0.39, 0.29) is 5.91 Å². The van der Waals surface area contributed by atoms with Gasteiger partial charge in [-0.3, -0.25) is 4.79 Å². The van der Waals surface area contributed by atoms with Crippen molar-refractivity contribution in [3.63, 3.8) is 0 Å². The van der Waals surface area contributed by atoms with E-state index in [1.54, 1.807) is 0 Å². The molecule has 1 aliphatic carbocycles. The number of carbonyl (C=O) groups excluding carboxylic acids is 1. The minimum absolute atomic E-state index is 0.00611. The number of hydrogen-bond acceptors (Lipinski definition) is 3. The highest BCUT2D eigenvalue weighted by Gasteiger charge is 2.21. The van der Waals surface area contributed by atoms with Crippen molar-refractivity contribution in [1.29, 1.82) is 0 Å². The molecule has 1 aromatic carbocycles. The molecule has 110 valence electrons. The topological polar surface area (TPSA) is 54.0 Å². The molecule has 1 aliphatic rings. The zero-order valence-electron chi connectivity index (χ0n) is 12.4. The molecule has 1 saturated carbocycles. The van der Waals surface area contributed by atoms with Crippen LogP contribution in [0.25, 0.3) is 10.9 Å². The SMILES string of the molecule is CCNc1cc(C(=O)NCCC2CC2)c2ccccc2n1. The van der Waals surface area contributed by atoms with Crippen molar-refractivity contribution in [2.24, 2.45) is 5.92 Å². The summed E-state index contributed by atoms with van der Waals surface area (Å²) in [6.07, 6.45) is 3.73. The maximum Gasteiger partial charge on any atom is 0.252 e. The van der Waals surface area contributed by atoms with Crippen LogP contribution in [0.4, 0.5) is 5.82 Å². The largest absolute Gasteiger partial charge is 0.370 e. The molecule has 2 N–H and O–H groups in total. The zero-order chi connectivity index (χ0) is 14.7. The van der Waals surface area contributed by atoms with Crippen LogP contribution in [0, 0.1) is 5.92 Å². The predicted octanol–water partition coefficient (Wildman–Crippen LogP) is 3.20. The number of aromatic nitrogens is 1. The number of anilines is 1. The lowest BCUT2D eigenvalue weighted by atomic mass is 10.1. The van der Waals surface area contributed by atoms with E-state index in [2.05, 4.69) is 15.6 Å². The lowest BCUT2D eigenvalue weighted by Gasteiger charge is -2.10. The summed E-state index contributed by atoms with van der Waals surface area (Å²) in [6.45, 7) is 3.57. The van der Waals surface area contributed by atoms with Crippen molar-refractivity contribution in [3.05, 3.63) is 35.9 Å². The predicted molar refractivity (Wildman–Crippen MR) is 85.6 cm³/mol. The minimum Gasteiger partial charge on any atom is -0.370 e. The van der Waals surface area contributed by atoms with Gasteiger partial charge in [-0.1, -0.05) is 31.0 Å². The minimum atomic E-state index is -0.00611. The summed E-state index contributed by atoms with van der Waals surface area (Å²) in [5.74, 6) is 1.58. The Bertz CT molecular complexity index is 650. The second-order valence-corrected chi connectivity index (χ2v) is 5.59. The fraction of sp³-hybridized carbons (Fsp3) is 0.412. The molecule has 0 saturated heterocycles. The van der Waals surface area contributed by atoms with Gasteiger partial charge in [-0.05, 0) is 31.4 Å². The Morgan fingerprint density at radius 2 is 2.14 bits per heavy atom. The first kappa shape index (κ1) is 13.9. The Labute approximate surface area is 125 Å². The van der Waals surface area contributed by atoms with Crippen molar-refractivity contribution in [3.8, 4) is 0 Å². The molecular weight excluding hydrogens is 262 g/mol. The molecule has 0 spiro atoms. The summed E-state index contributed by atoms with van der Waals surface area (Å²) in [5, 5.41) is 7.13. The Kier molecular flexibility index (Phi) is 4.04. The lowest BCUT2D eigenvalue weighted by molar-refractivity contribution is 0.0954. The molecule has 0 aliphatic heterocycles. The number of para-hydroxylation sites is 1. The average molecular weight is 283 g/mol. The summed E-state index contributed by atoms with van der Waals surface area (Å²) in [4.78, 5) is 17.0. The smallest absolute Gasteiger partial charge is 0.252 e. The number of amides is 1. The van der Waals surface area contributed by atoms with E-state index in [1.165, 1.54) is 12.8 Å². The molecule has 1 fully saturated rings. The van der Waals surface area contributed by atoms with Crippen LogP contribution in [0.2, 0.25) is 0 Å². The Morgan fingerprint density at radius 1 is 1.33 bits per heavy atom. The summed E-state index contributed by atoms with van der Waals surface area (Å²) in [6, 6.07) is 9.63. The summed E-state index contributed by atoms with van der Waals surface area (Å²) in [7, 11) is 0. The molecule has 0 bridgehead atoms. The van der Waals surface area contributed by atoms with Crippen LogP contribution in [-0.4, -0.2) is 24.0 Å². The van der Waals surface area contributed by atoms with E-state index in [9.17, 15) is 4.79 Å². The van der Waals surface area contributed by atoms with Gasteiger partial charge in [0.2, 0.25) is 0 Å². The first-order valence-corrected chi connectivity index (χ1v) is 7.69. The van der Waals surface area contributed by atoms with Gasteiger partial charge in [0, 0.05) is 18.5 Å². The van der Waals surface area contributed by atoms with Gasteiger partial charge in [0.05, 0.1) is 11.1 Å². The van der Waals surface area contributed by atoms with Gasteiger partial charge in [0.25, 0.3) is 5.91 Å². The highest BCUT2D eigenvalue weighted by Crippen LogP contribution is 2.31. The molecule has 1 aromatic heterocycles. The van der Waals surface area contributed by atoms with Crippen LogP contribution >= 0.6 is 0 Å². The van der Waals surface area contributed by atoms with E-state index < -0.39 is 0 Å². The maximum atomic E-state index is 12.5. The lowest BCUT2D eigenvalue weighted by Crippen LogP contribution is -2.25. The molecule has 4 nitrogen and oxygen atoms in total. The number of carbonyl (C=O) groups is 1. The molecule has 1 heterocycles. The number of rotatable bonds is 6. The van der Waals surface area contributed by atoms with Gasteiger partial charge in [0.15, 0.2) is 0 Å². The summed E-state index contributed by atoms with van der Waals surface area (Å²) >= 11 is 0. The normalized spacial score (nSPS) is 14.1. The van der Waals surface area contributed by atoms with Crippen LogP contribution in [0.3, 0.4) is 0 Å². The number of nitrogens with zero attached hydrogens (tertiary/aromatic N) is 1. The molecule has 1 amide bonds. The number of pyridine rings is 1. The standard InChI is InChI=1S/C17H21N3O/c1-2-18-16-11-14(13-5-3-4-6-15(13)20-16)17(21)19-10-9-12-7-8-12/h3-6,11-12H,2,7-10H2,1H3,(H,18,20)(H,19,21). The first-order valence-electron chi connectivity index (χ1n) is 7.69. The number of benzene rings is 1. The quantitative estimate of drug-likeness (QED) is 0.856. The van der Waals surface area contributed by atoms with Crippen LogP contribution < -0.4 is 10.6 Å². The molecule has 0 atom stereocenters. The second kappa shape index (κ2) is 6.12. The highest BCUT2D eigenvalue weighted by molar-refractivity contribution is 6.06. The third kappa shape index (κ3) is 3.32. The number of nitrogens with one attached hydrogen (secondary N) is 2. The number of hydrogen-bond donors (Lipinski definition) is 2. The summed E-state index contributed by atoms with van der Waals surface area (Å²) in [5.41, 5.74) is 1.55. The van der Waals surface area contributed by atoms with Crippen LogP contribution in [-0.2, 0) is 0 Å². The van der Waals surface area contributed by atoms with E-state index in [4.69, 9.17) is 0 Å². The Morgan fingerprint density at radius 3 is 2.90 bits per heavy atom. The first-order chi connectivity index (χ1) is 10.3. The van der Waals surface area contributed by atoms with Gasteiger partial charge in [-0.2, -0.15) is 0 Å². The zero-order valence-corrected chi connectivity index (χ0v) is 12.4. The van der Waals surface area contributed by atoms with Crippen LogP contribution in [0.15, 0.2) is 30.3 Å². The molecular formula is C17H21N3O. The molecule has 3 rings (SSSR count). The fourth-order valence-corrected chi connectivity index (χ4v) is 2.53. The van der Waals surface area contributed by atoms with E-state index in [1.807, 2.05) is 37.3 Å².